The van der Waals surface area contributed by atoms with Crippen LogP contribution in [0.5, 0.6) is 0 Å². The summed E-state index contributed by atoms with van der Waals surface area (Å²) in [4.78, 5) is 3.96. The number of ether oxygens (including phenoxy) is 1. The Labute approximate surface area is 81.7 Å². The molecule has 0 fully saturated rings. The first-order chi connectivity index (χ1) is 6.41. The molecule has 0 aromatic heterocycles. The number of rotatable bonds is 9. The van der Waals surface area contributed by atoms with Gasteiger partial charge >= 0.3 is 0 Å². The molecule has 13 heavy (non-hydrogen) atoms. The van der Waals surface area contributed by atoms with Crippen molar-refractivity contribution in [2.45, 2.75) is 39.0 Å². The zero-order valence-electron chi connectivity index (χ0n) is 8.67. The summed E-state index contributed by atoms with van der Waals surface area (Å²) < 4.78 is 5.17. The Morgan fingerprint density at radius 2 is 2.00 bits per heavy atom. The summed E-state index contributed by atoms with van der Waals surface area (Å²) in [5, 5.41) is 0. The molecule has 0 bridgehead atoms. The van der Waals surface area contributed by atoms with Crippen molar-refractivity contribution in [2.75, 3.05) is 13.2 Å². The fraction of sp³-hybridized carbons (Fsp3) is 0.727. The highest BCUT2D eigenvalue weighted by atomic mass is 16.5. The molecule has 2 nitrogen and oxygen atoms in total. The number of hydrogen-bond donors (Lipinski definition) is 0. The van der Waals surface area contributed by atoms with Crippen molar-refractivity contribution in [3.05, 3.63) is 12.7 Å². The topological polar surface area (TPSA) is 21.6 Å². The zero-order valence-corrected chi connectivity index (χ0v) is 8.67. The lowest BCUT2D eigenvalue weighted by Crippen LogP contribution is -1.92. The van der Waals surface area contributed by atoms with E-state index < -0.39 is 0 Å². The minimum absolute atomic E-state index is 0.803. The van der Waals surface area contributed by atoms with Gasteiger partial charge in [0.05, 0.1) is 6.61 Å². The summed E-state index contributed by atoms with van der Waals surface area (Å²) in [7, 11) is 0. The van der Waals surface area contributed by atoms with Crippen molar-refractivity contribution in [1.82, 2.24) is 0 Å². The fourth-order valence-electron chi connectivity index (χ4n) is 1.01. The van der Waals surface area contributed by atoms with E-state index in [9.17, 15) is 0 Å². The van der Waals surface area contributed by atoms with Gasteiger partial charge in [-0.05, 0) is 26.2 Å². The van der Waals surface area contributed by atoms with Crippen LogP contribution in [0.1, 0.15) is 39.0 Å². The Balaban J connectivity index is 2.91. The maximum absolute atomic E-state index is 5.17. The van der Waals surface area contributed by atoms with Crippen LogP contribution >= 0.6 is 0 Å². The van der Waals surface area contributed by atoms with Gasteiger partial charge in [0.15, 0.2) is 6.40 Å². The highest BCUT2D eigenvalue weighted by Crippen LogP contribution is 2.02. The molecule has 0 unspecified atom stereocenters. The molecule has 0 aliphatic rings. The van der Waals surface area contributed by atoms with Crippen LogP contribution < -0.4 is 0 Å². The molecular formula is C11H21NO. The zero-order chi connectivity index (χ0) is 9.78. The molecule has 76 valence electrons. The van der Waals surface area contributed by atoms with Crippen LogP contribution in [0, 0.1) is 0 Å². The van der Waals surface area contributed by atoms with E-state index in [4.69, 9.17) is 4.74 Å². The van der Waals surface area contributed by atoms with Crippen LogP contribution in [-0.4, -0.2) is 19.6 Å². The van der Waals surface area contributed by atoms with Crippen LogP contribution in [0.15, 0.2) is 17.6 Å². The van der Waals surface area contributed by atoms with Crippen molar-refractivity contribution >= 4 is 6.40 Å². The van der Waals surface area contributed by atoms with Gasteiger partial charge in [0, 0.05) is 6.54 Å². The molecule has 0 spiro atoms. The summed E-state index contributed by atoms with van der Waals surface area (Å²) >= 11 is 0. The molecule has 0 rings (SSSR count). The predicted molar refractivity (Wildman–Crippen MR) is 58.3 cm³/mol. The van der Waals surface area contributed by atoms with Crippen molar-refractivity contribution < 1.29 is 4.74 Å². The van der Waals surface area contributed by atoms with Crippen molar-refractivity contribution in [3.8, 4) is 0 Å². The molecule has 0 aliphatic carbocycles. The quantitative estimate of drug-likeness (QED) is 0.233. The first kappa shape index (κ1) is 12.2. The average molecular weight is 183 g/mol. The van der Waals surface area contributed by atoms with Crippen molar-refractivity contribution in [3.63, 3.8) is 0 Å². The lowest BCUT2D eigenvalue weighted by molar-refractivity contribution is 0.305. The van der Waals surface area contributed by atoms with Gasteiger partial charge in [0.2, 0.25) is 0 Å². The molecule has 0 saturated heterocycles. The van der Waals surface area contributed by atoms with Gasteiger partial charge in [-0.3, -0.25) is 4.99 Å². The SMILES string of the molecule is C=CCCCCCCO/C=N/CC. The Bertz CT molecular complexity index is 132. The third-order valence-corrected chi connectivity index (χ3v) is 1.75. The lowest BCUT2D eigenvalue weighted by Gasteiger charge is -1.99. The van der Waals surface area contributed by atoms with Crippen LogP contribution in [-0.2, 0) is 4.74 Å². The van der Waals surface area contributed by atoms with Crippen molar-refractivity contribution in [2.24, 2.45) is 4.99 Å². The Hall–Kier alpha value is -0.790. The van der Waals surface area contributed by atoms with Crippen LogP contribution in [0.4, 0.5) is 0 Å². The number of nitrogens with zero attached hydrogens (tertiary/aromatic N) is 1. The molecule has 0 aliphatic heterocycles. The van der Waals surface area contributed by atoms with E-state index in [-0.39, 0.29) is 0 Å². The highest BCUT2D eigenvalue weighted by molar-refractivity contribution is 5.45. The maximum atomic E-state index is 5.17. The van der Waals surface area contributed by atoms with Gasteiger partial charge in [-0.25, -0.2) is 0 Å². The van der Waals surface area contributed by atoms with E-state index >= 15 is 0 Å². The number of hydrogen-bond acceptors (Lipinski definition) is 2. The largest absolute Gasteiger partial charge is 0.483 e. The first-order valence-electron chi connectivity index (χ1n) is 5.12. The highest BCUT2D eigenvalue weighted by Gasteiger charge is 1.88. The van der Waals surface area contributed by atoms with Crippen molar-refractivity contribution in [1.29, 1.82) is 0 Å². The summed E-state index contributed by atoms with van der Waals surface area (Å²) in [6.45, 7) is 7.29. The minimum Gasteiger partial charge on any atom is -0.483 e. The Morgan fingerprint density at radius 3 is 2.69 bits per heavy atom. The minimum atomic E-state index is 0.803. The second-order valence-electron chi connectivity index (χ2n) is 2.97. The fourth-order valence-corrected chi connectivity index (χ4v) is 1.01. The molecule has 0 radical (unpaired) electrons. The standard InChI is InChI=1S/C11H21NO/c1-3-5-6-7-8-9-10-13-11-12-4-2/h3,11H,1,4-10H2,2H3/b12-11+. The first-order valence-corrected chi connectivity index (χ1v) is 5.12. The normalized spacial score (nSPS) is 10.5. The van der Waals surface area contributed by atoms with E-state index in [1.165, 1.54) is 19.3 Å². The van der Waals surface area contributed by atoms with E-state index in [1.807, 2.05) is 13.0 Å². The van der Waals surface area contributed by atoms with Gasteiger partial charge in [-0.15, -0.1) is 6.58 Å². The monoisotopic (exact) mass is 183 g/mol. The van der Waals surface area contributed by atoms with E-state index in [1.54, 1.807) is 6.40 Å². The van der Waals surface area contributed by atoms with Crippen LogP contribution in [0.2, 0.25) is 0 Å². The average Bonchev–Trinajstić information content (AvgIpc) is 2.16. The van der Waals surface area contributed by atoms with Gasteiger partial charge in [-0.1, -0.05) is 18.9 Å². The summed E-state index contributed by atoms with van der Waals surface area (Å²) in [5.41, 5.74) is 0. The molecule has 0 heterocycles. The molecule has 2 heteroatoms. The van der Waals surface area contributed by atoms with Gasteiger partial charge in [-0.2, -0.15) is 0 Å². The van der Waals surface area contributed by atoms with Crippen LogP contribution in [0.25, 0.3) is 0 Å². The number of allylic oxidation sites excluding steroid dienone is 1. The molecule has 0 amide bonds. The van der Waals surface area contributed by atoms with E-state index in [2.05, 4.69) is 11.6 Å². The molecule has 0 saturated carbocycles. The Morgan fingerprint density at radius 1 is 1.23 bits per heavy atom. The van der Waals surface area contributed by atoms with E-state index in [0.29, 0.717) is 0 Å². The van der Waals surface area contributed by atoms with E-state index in [0.717, 1.165) is 26.0 Å². The molecule has 0 atom stereocenters. The molecule has 0 aromatic rings. The third-order valence-electron chi connectivity index (χ3n) is 1.75. The van der Waals surface area contributed by atoms with Gasteiger partial charge in [0.1, 0.15) is 0 Å². The second kappa shape index (κ2) is 11.2. The smallest absolute Gasteiger partial charge is 0.169 e. The summed E-state index contributed by atoms with van der Waals surface area (Å²) in [6.07, 6.45) is 9.58. The maximum Gasteiger partial charge on any atom is 0.169 e. The lowest BCUT2D eigenvalue weighted by atomic mass is 10.1. The summed E-state index contributed by atoms with van der Waals surface area (Å²) in [5.74, 6) is 0. The predicted octanol–water partition coefficient (Wildman–Crippen LogP) is 3.19. The van der Waals surface area contributed by atoms with Gasteiger partial charge < -0.3 is 4.74 Å². The molecular weight excluding hydrogens is 162 g/mol. The Kier molecular flexibility index (Phi) is 10.5. The van der Waals surface area contributed by atoms with Gasteiger partial charge in [0.25, 0.3) is 0 Å². The number of aliphatic imine (C=N–C) groups is 1. The molecule has 0 aromatic carbocycles. The second-order valence-corrected chi connectivity index (χ2v) is 2.97. The summed E-state index contributed by atoms with van der Waals surface area (Å²) in [6, 6.07) is 0. The number of unbranched alkanes of at least 4 members (excludes halogenated alkanes) is 4. The van der Waals surface area contributed by atoms with Crippen LogP contribution in [0.3, 0.4) is 0 Å². The third kappa shape index (κ3) is 11.2. The molecule has 0 N–H and O–H groups in total.